The number of aromatic nitrogens is 2. The minimum atomic E-state index is -4.28. The first-order chi connectivity index (χ1) is 14.7. The van der Waals surface area contributed by atoms with Crippen molar-refractivity contribution in [1.29, 1.82) is 0 Å². The van der Waals surface area contributed by atoms with Crippen molar-refractivity contribution in [1.82, 2.24) is 14.5 Å². The van der Waals surface area contributed by atoms with Gasteiger partial charge in [0.1, 0.15) is 11.5 Å². The van der Waals surface area contributed by atoms with E-state index in [4.69, 9.17) is 9.40 Å². The molecule has 3 aromatic rings. The van der Waals surface area contributed by atoms with Crippen LogP contribution < -0.4 is 0 Å². The second-order valence-corrected chi connectivity index (χ2v) is 10.8. The van der Waals surface area contributed by atoms with Gasteiger partial charge in [0.15, 0.2) is 0 Å². The summed E-state index contributed by atoms with van der Waals surface area (Å²) in [5.74, 6) is 1.39. The summed E-state index contributed by atoms with van der Waals surface area (Å²) >= 11 is 0. The third-order valence-corrected chi connectivity index (χ3v) is 8.25. The van der Waals surface area contributed by atoms with Gasteiger partial charge in [-0.3, -0.25) is 9.45 Å². The molecule has 8 heteroatoms. The molecule has 3 aliphatic heterocycles. The van der Waals surface area contributed by atoms with Crippen molar-refractivity contribution >= 4 is 26.7 Å². The van der Waals surface area contributed by atoms with Crippen LogP contribution in [0.2, 0.25) is 0 Å². The Morgan fingerprint density at radius 3 is 2.77 bits per heavy atom. The summed E-state index contributed by atoms with van der Waals surface area (Å²) in [7, 11) is -4.28. The first-order valence-electron chi connectivity index (χ1n) is 10.7. The van der Waals surface area contributed by atoms with Crippen LogP contribution >= 0.6 is 0 Å². The molecule has 1 aromatic carbocycles. The van der Waals surface area contributed by atoms with Crippen LogP contribution in [0.1, 0.15) is 54.4 Å². The first kappa shape index (κ1) is 19.3. The quantitative estimate of drug-likeness (QED) is 0.605. The second kappa shape index (κ2) is 6.09. The lowest BCUT2D eigenvalue weighted by molar-refractivity contribution is 0.0409. The van der Waals surface area contributed by atoms with Gasteiger partial charge in [-0.15, -0.1) is 0 Å². The molecule has 2 aromatic heterocycles. The topological polar surface area (TPSA) is 88.6 Å². The van der Waals surface area contributed by atoms with Crippen molar-refractivity contribution in [2.45, 2.75) is 51.0 Å². The van der Waals surface area contributed by atoms with Gasteiger partial charge in [-0.25, -0.2) is 4.98 Å². The zero-order valence-corrected chi connectivity index (χ0v) is 18.7. The highest BCUT2D eigenvalue weighted by molar-refractivity contribution is 7.85. The lowest BCUT2D eigenvalue weighted by Crippen LogP contribution is -2.49. The molecule has 0 bridgehead atoms. The molecule has 0 spiro atoms. The van der Waals surface area contributed by atoms with Gasteiger partial charge in [0.05, 0.1) is 22.1 Å². The number of aryl methyl sites for hydroxylation is 2. The van der Waals surface area contributed by atoms with E-state index >= 15 is 0 Å². The Bertz CT molecular complexity index is 1380. The third-order valence-electron chi connectivity index (χ3n) is 7.40. The standard InChI is InChI=1S/C23H25N3O4S/c1-13-14(2)30-22(24-13)19-12-23(3)8-4-9-25-10-7-16-17-11-15(31(27,28)29)5-6-18(17)26(19)20(16)21(23)25/h5-6,11-12,21H,4,7-10H2,1-3H3,(H,27,28,29)/t21-,23+/m1/s1. The van der Waals surface area contributed by atoms with Crippen molar-refractivity contribution in [3.8, 4) is 0 Å². The average Bonchev–Trinajstić information content (AvgIpc) is 3.22. The lowest BCUT2D eigenvalue weighted by Gasteiger charge is -2.52. The molecule has 0 unspecified atom stereocenters. The number of oxazole rings is 1. The van der Waals surface area contributed by atoms with E-state index < -0.39 is 10.1 Å². The van der Waals surface area contributed by atoms with E-state index in [1.54, 1.807) is 12.1 Å². The average molecular weight is 440 g/mol. The molecular formula is C23H25N3O4S. The molecule has 1 saturated heterocycles. The molecule has 6 rings (SSSR count). The molecule has 0 aliphatic carbocycles. The van der Waals surface area contributed by atoms with Gasteiger partial charge in [0.25, 0.3) is 10.1 Å². The summed E-state index contributed by atoms with van der Waals surface area (Å²) in [4.78, 5) is 7.20. The van der Waals surface area contributed by atoms with Crippen molar-refractivity contribution in [3.63, 3.8) is 0 Å². The van der Waals surface area contributed by atoms with Gasteiger partial charge in [0.2, 0.25) is 5.89 Å². The van der Waals surface area contributed by atoms with Gasteiger partial charge in [0, 0.05) is 23.0 Å². The lowest BCUT2D eigenvalue weighted by atomic mass is 9.69. The predicted octanol–water partition coefficient (Wildman–Crippen LogP) is 4.09. The van der Waals surface area contributed by atoms with Gasteiger partial charge in [-0.2, -0.15) is 8.42 Å². The Labute approximate surface area is 181 Å². The number of hydrogen-bond acceptors (Lipinski definition) is 5. The molecular weight excluding hydrogens is 414 g/mol. The molecule has 0 saturated carbocycles. The van der Waals surface area contributed by atoms with Crippen molar-refractivity contribution < 1.29 is 17.4 Å². The Morgan fingerprint density at radius 2 is 2.06 bits per heavy atom. The van der Waals surface area contributed by atoms with Crippen molar-refractivity contribution in [2.24, 2.45) is 5.41 Å². The molecule has 1 fully saturated rings. The molecule has 3 aliphatic rings. The van der Waals surface area contributed by atoms with Crippen LogP contribution in [0.3, 0.4) is 0 Å². The first-order valence-corrected chi connectivity index (χ1v) is 12.2. The van der Waals surface area contributed by atoms with Crippen LogP contribution in [0.5, 0.6) is 0 Å². The monoisotopic (exact) mass is 439 g/mol. The summed E-state index contributed by atoms with van der Waals surface area (Å²) in [6, 6.07) is 5.11. The third kappa shape index (κ3) is 2.58. The molecule has 5 heterocycles. The number of rotatable bonds is 2. The molecule has 1 N–H and O–H groups in total. The largest absolute Gasteiger partial charge is 0.440 e. The minimum absolute atomic E-state index is 0.0602. The van der Waals surface area contributed by atoms with Gasteiger partial charge in [-0.05, 0) is 69.5 Å². The summed E-state index contributed by atoms with van der Waals surface area (Å²) in [6.07, 6.45) is 5.38. The summed E-state index contributed by atoms with van der Waals surface area (Å²) in [6.45, 7) is 8.19. The van der Waals surface area contributed by atoms with Crippen LogP contribution in [0.15, 0.2) is 33.6 Å². The fraction of sp³-hybridized carbons (Fsp3) is 0.435. The second-order valence-electron chi connectivity index (χ2n) is 9.34. The van der Waals surface area contributed by atoms with E-state index in [9.17, 15) is 13.0 Å². The predicted molar refractivity (Wildman–Crippen MR) is 116 cm³/mol. The van der Waals surface area contributed by atoms with Gasteiger partial charge >= 0.3 is 0 Å². The maximum absolute atomic E-state index is 11.8. The fourth-order valence-corrected chi connectivity index (χ4v) is 6.43. The number of hydrogen-bond donors (Lipinski definition) is 1. The fourth-order valence-electron chi connectivity index (χ4n) is 5.92. The number of fused-ring (bicyclic) bond motifs is 3. The molecule has 31 heavy (non-hydrogen) atoms. The SMILES string of the molecule is Cc1nc(C2=C[C@]3(C)CCCN4CCc5c(n2c2ccc(S(=O)(=O)O)cc52)[C@@H]43)oc1C. The summed E-state index contributed by atoms with van der Waals surface area (Å²) in [5, 5.41) is 0.880. The number of nitrogens with zero attached hydrogens (tertiary/aromatic N) is 3. The Balaban J connectivity index is 1.71. The number of benzene rings is 1. The molecule has 2 atom stereocenters. The van der Waals surface area contributed by atoms with E-state index in [1.165, 1.54) is 17.3 Å². The van der Waals surface area contributed by atoms with Gasteiger partial charge < -0.3 is 8.98 Å². The van der Waals surface area contributed by atoms with Crippen molar-refractivity contribution in [3.05, 3.63) is 52.9 Å². The number of piperidine rings is 1. The van der Waals surface area contributed by atoms with Crippen LogP contribution in [0.25, 0.3) is 16.6 Å². The maximum Gasteiger partial charge on any atom is 0.294 e. The van der Waals surface area contributed by atoms with Crippen LogP contribution in [0.4, 0.5) is 0 Å². The van der Waals surface area contributed by atoms with Crippen LogP contribution in [0, 0.1) is 19.3 Å². The van der Waals surface area contributed by atoms with Crippen molar-refractivity contribution in [2.75, 3.05) is 13.1 Å². The van der Waals surface area contributed by atoms with E-state index in [1.807, 2.05) is 13.8 Å². The van der Waals surface area contributed by atoms with Crippen LogP contribution in [-0.2, 0) is 16.5 Å². The molecule has 0 amide bonds. The molecule has 7 nitrogen and oxygen atoms in total. The van der Waals surface area contributed by atoms with Crippen LogP contribution in [-0.4, -0.2) is 40.5 Å². The van der Waals surface area contributed by atoms with Gasteiger partial charge in [-0.1, -0.05) is 6.92 Å². The molecule has 0 radical (unpaired) electrons. The Kier molecular flexibility index (Phi) is 3.79. The highest BCUT2D eigenvalue weighted by Gasteiger charge is 2.49. The highest BCUT2D eigenvalue weighted by atomic mass is 32.2. The smallest absolute Gasteiger partial charge is 0.294 e. The minimum Gasteiger partial charge on any atom is -0.440 e. The summed E-state index contributed by atoms with van der Waals surface area (Å²) in [5.41, 5.74) is 5.03. The highest BCUT2D eigenvalue weighted by Crippen LogP contribution is 2.56. The van der Waals surface area contributed by atoms with E-state index in [-0.39, 0.29) is 16.4 Å². The normalized spacial score (nSPS) is 25.5. The van der Waals surface area contributed by atoms with E-state index in [0.29, 0.717) is 5.89 Å². The molecule has 162 valence electrons. The Morgan fingerprint density at radius 1 is 1.26 bits per heavy atom. The van der Waals surface area contributed by atoms with E-state index in [0.717, 1.165) is 60.4 Å². The zero-order chi connectivity index (χ0) is 21.7. The maximum atomic E-state index is 11.8. The summed E-state index contributed by atoms with van der Waals surface area (Å²) < 4.78 is 41.6. The Hall–Kier alpha value is -2.42. The zero-order valence-electron chi connectivity index (χ0n) is 17.8. The van der Waals surface area contributed by atoms with E-state index in [2.05, 4.69) is 22.5 Å².